The van der Waals surface area contributed by atoms with Crippen molar-refractivity contribution >= 4 is 5.91 Å². The van der Waals surface area contributed by atoms with Crippen molar-refractivity contribution in [2.24, 2.45) is 7.05 Å². The lowest BCUT2D eigenvalue weighted by atomic mass is 9.97. The molecule has 1 saturated heterocycles. The molecule has 22 heavy (non-hydrogen) atoms. The van der Waals surface area contributed by atoms with Crippen molar-refractivity contribution in [3.05, 3.63) is 47.8 Å². The van der Waals surface area contributed by atoms with Gasteiger partial charge in [-0.05, 0) is 23.6 Å². The zero-order valence-corrected chi connectivity index (χ0v) is 13.0. The molecule has 5 heteroatoms. The fourth-order valence-corrected chi connectivity index (χ4v) is 3.09. The normalized spacial score (nSPS) is 17.7. The first-order valence-electron chi connectivity index (χ1n) is 7.55. The molecule has 2 aromatic rings. The average Bonchev–Trinajstić information content (AvgIpc) is 3.16. The summed E-state index contributed by atoms with van der Waals surface area (Å²) in [7, 11) is 3.56. The number of amides is 1. The van der Waals surface area contributed by atoms with Crippen LogP contribution in [-0.4, -0.2) is 40.8 Å². The monoisotopic (exact) mass is 299 g/mol. The number of aromatic nitrogens is 2. The largest absolute Gasteiger partial charge is 0.496 e. The molecule has 0 N–H and O–H groups in total. The number of para-hydroxylation sites is 1. The van der Waals surface area contributed by atoms with E-state index in [4.69, 9.17) is 4.74 Å². The molecule has 0 aliphatic carbocycles. The van der Waals surface area contributed by atoms with Crippen LogP contribution in [0.1, 0.15) is 23.5 Å². The third kappa shape index (κ3) is 2.98. The summed E-state index contributed by atoms with van der Waals surface area (Å²) in [6.45, 7) is 1.57. The lowest BCUT2D eigenvalue weighted by Crippen LogP contribution is -2.29. The van der Waals surface area contributed by atoms with E-state index in [-0.39, 0.29) is 5.91 Å². The second-order valence-electron chi connectivity index (χ2n) is 5.77. The van der Waals surface area contributed by atoms with Crippen molar-refractivity contribution in [1.82, 2.24) is 14.7 Å². The molecule has 5 nitrogen and oxygen atoms in total. The molecule has 0 saturated carbocycles. The second-order valence-corrected chi connectivity index (χ2v) is 5.77. The van der Waals surface area contributed by atoms with Gasteiger partial charge in [-0.15, -0.1) is 0 Å². The second kappa shape index (κ2) is 6.22. The summed E-state index contributed by atoms with van der Waals surface area (Å²) in [4.78, 5) is 14.4. The molecule has 1 aromatic carbocycles. The number of carbonyl (C=O) groups excluding carboxylic acids is 1. The Morgan fingerprint density at radius 3 is 2.95 bits per heavy atom. The van der Waals surface area contributed by atoms with E-state index >= 15 is 0 Å². The minimum atomic E-state index is 0.172. The van der Waals surface area contributed by atoms with E-state index in [0.717, 1.165) is 30.8 Å². The van der Waals surface area contributed by atoms with Crippen LogP contribution in [0.15, 0.2) is 36.7 Å². The minimum absolute atomic E-state index is 0.172. The van der Waals surface area contributed by atoms with E-state index in [2.05, 4.69) is 11.2 Å². The highest BCUT2D eigenvalue weighted by Crippen LogP contribution is 2.33. The van der Waals surface area contributed by atoms with Crippen LogP contribution in [0.2, 0.25) is 0 Å². The van der Waals surface area contributed by atoms with Crippen LogP contribution in [-0.2, 0) is 18.3 Å². The Hall–Kier alpha value is -2.30. The predicted octanol–water partition coefficient (Wildman–Crippen LogP) is 1.99. The third-order valence-corrected chi connectivity index (χ3v) is 4.23. The summed E-state index contributed by atoms with van der Waals surface area (Å²) in [5.74, 6) is 1.44. The topological polar surface area (TPSA) is 47.4 Å². The van der Waals surface area contributed by atoms with Gasteiger partial charge < -0.3 is 9.64 Å². The number of rotatable bonds is 4. The molecule has 3 rings (SSSR count). The van der Waals surface area contributed by atoms with Crippen LogP contribution in [0.25, 0.3) is 0 Å². The van der Waals surface area contributed by atoms with Gasteiger partial charge in [-0.3, -0.25) is 9.48 Å². The summed E-state index contributed by atoms with van der Waals surface area (Å²) in [5.41, 5.74) is 2.16. The highest BCUT2D eigenvalue weighted by molar-refractivity contribution is 5.79. The average molecular weight is 299 g/mol. The number of likely N-dealkylation sites (tertiary alicyclic amines) is 1. The fraction of sp³-hybridized carbons (Fsp3) is 0.412. The molecule has 0 spiro atoms. The first-order valence-corrected chi connectivity index (χ1v) is 7.55. The van der Waals surface area contributed by atoms with Gasteiger partial charge in [0.25, 0.3) is 0 Å². The predicted molar refractivity (Wildman–Crippen MR) is 83.8 cm³/mol. The van der Waals surface area contributed by atoms with E-state index in [1.54, 1.807) is 18.0 Å². The summed E-state index contributed by atoms with van der Waals surface area (Å²) in [6.07, 6.45) is 5.06. The standard InChI is InChI=1S/C17H21N3O2/c1-19-11-13(10-18-19)9-17(21)20-8-7-14(12-20)15-5-3-4-6-16(15)22-2/h3-6,10-11,14H,7-9,12H2,1-2H3. The first-order chi connectivity index (χ1) is 10.7. The SMILES string of the molecule is COc1ccccc1C1CCN(C(=O)Cc2cnn(C)c2)C1. The molecule has 1 unspecified atom stereocenters. The van der Waals surface area contributed by atoms with Gasteiger partial charge in [-0.1, -0.05) is 18.2 Å². The molecule has 0 bridgehead atoms. The number of hydrogen-bond acceptors (Lipinski definition) is 3. The Labute approximate surface area is 130 Å². The van der Waals surface area contributed by atoms with Gasteiger partial charge in [0, 0.05) is 32.3 Å². The molecule has 1 atom stereocenters. The molecular formula is C17H21N3O2. The van der Waals surface area contributed by atoms with Gasteiger partial charge in [0.15, 0.2) is 0 Å². The molecule has 116 valence electrons. The molecule has 1 aliphatic rings. The van der Waals surface area contributed by atoms with Crippen LogP contribution in [0.5, 0.6) is 5.75 Å². The molecule has 1 aliphatic heterocycles. The number of aryl methyl sites for hydroxylation is 1. The number of nitrogens with zero attached hydrogens (tertiary/aromatic N) is 3. The molecular weight excluding hydrogens is 278 g/mol. The van der Waals surface area contributed by atoms with Crippen molar-refractivity contribution in [2.45, 2.75) is 18.8 Å². The third-order valence-electron chi connectivity index (χ3n) is 4.23. The fourth-order valence-electron chi connectivity index (χ4n) is 3.09. The van der Waals surface area contributed by atoms with E-state index in [1.165, 1.54) is 5.56 Å². The quantitative estimate of drug-likeness (QED) is 0.867. The van der Waals surface area contributed by atoms with E-state index in [9.17, 15) is 4.79 Å². The maximum Gasteiger partial charge on any atom is 0.227 e. The Morgan fingerprint density at radius 2 is 2.23 bits per heavy atom. The molecule has 1 aromatic heterocycles. The maximum absolute atomic E-state index is 12.4. The maximum atomic E-state index is 12.4. The number of ether oxygens (including phenoxy) is 1. The van der Waals surface area contributed by atoms with Gasteiger partial charge in [0.2, 0.25) is 5.91 Å². The van der Waals surface area contributed by atoms with Gasteiger partial charge in [-0.25, -0.2) is 0 Å². The van der Waals surface area contributed by atoms with Crippen LogP contribution in [0.4, 0.5) is 0 Å². The van der Waals surface area contributed by atoms with Crippen molar-refractivity contribution in [2.75, 3.05) is 20.2 Å². The van der Waals surface area contributed by atoms with Gasteiger partial charge in [0.1, 0.15) is 5.75 Å². The summed E-state index contributed by atoms with van der Waals surface area (Å²) < 4.78 is 7.16. The number of benzene rings is 1. The minimum Gasteiger partial charge on any atom is -0.496 e. The van der Waals surface area contributed by atoms with Crippen molar-refractivity contribution in [3.8, 4) is 5.75 Å². The zero-order chi connectivity index (χ0) is 15.5. The molecule has 0 radical (unpaired) electrons. The Kier molecular flexibility index (Phi) is 4.13. The number of methoxy groups -OCH3 is 1. The van der Waals surface area contributed by atoms with Gasteiger partial charge in [-0.2, -0.15) is 5.10 Å². The van der Waals surface area contributed by atoms with Crippen LogP contribution < -0.4 is 4.74 Å². The van der Waals surface area contributed by atoms with E-state index in [1.807, 2.05) is 36.3 Å². The van der Waals surface area contributed by atoms with E-state index in [0.29, 0.717) is 12.3 Å². The Morgan fingerprint density at radius 1 is 1.41 bits per heavy atom. The Bertz CT molecular complexity index is 665. The lowest BCUT2D eigenvalue weighted by molar-refractivity contribution is -0.129. The van der Waals surface area contributed by atoms with Crippen LogP contribution in [0.3, 0.4) is 0 Å². The highest BCUT2D eigenvalue weighted by atomic mass is 16.5. The van der Waals surface area contributed by atoms with Crippen molar-refractivity contribution in [1.29, 1.82) is 0 Å². The summed E-state index contributed by atoms with van der Waals surface area (Å²) >= 11 is 0. The van der Waals surface area contributed by atoms with Crippen molar-refractivity contribution < 1.29 is 9.53 Å². The van der Waals surface area contributed by atoms with Crippen LogP contribution in [0, 0.1) is 0 Å². The van der Waals surface area contributed by atoms with Crippen LogP contribution >= 0.6 is 0 Å². The zero-order valence-electron chi connectivity index (χ0n) is 13.0. The smallest absolute Gasteiger partial charge is 0.227 e. The molecule has 2 heterocycles. The number of carbonyl (C=O) groups is 1. The van der Waals surface area contributed by atoms with Gasteiger partial charge in [0.05, 0.1) is 19.7 Å². The first kappa shape index (κ1) is 14.6. The highest BCUT2D eigenvalue weighted by Gasteiger charge is 2.28. The van der Waals surface area contributed by atoms with E-state index < -0.39 is 0 Å². The summed E-state index contributed by atoms with van der Waals surface area (Å²) in [6, 6.07) is 8.08. The van der Waals surface area contributed by atoms with Gasteiger partial charge >= 0.3 is 0 Å². The lowest BCUT2D eigenvalue weighted by Gasteiger charge is -2.17. The molecule has 1 fully saturated rings. The molecule has 1 amide bonds. The number of hydrogen-bond donors (Lipinski definition) is 0. The summed E-state index contributed by atoms with van der Waals surface area (Å²) in [5, 5.41) is 4.11. The Balaban J connectivity index is 1.65. The van der Waals surface area contributed by atoms with Crippen molar-refractivity contribution in [3.63, 3.8) is 0 Å².